The molecule has 0 radical (unpaired) electrons. The Bertz CT molecular complexity index is 988. The molecule has 0 saturated heterocycles. The van der Waals surface area contributed by atoms with Gasteiger partial charge >= 0.3 is 5.97 Å². The van der Waals surface area contributed by atoms with Crippen LogP contribution in [-0.4, -0.2) is 11.8 Å². The molecule has 3 nitrogen and oxygen atoms in total. The molecule has 0 saturated carbocycles. The number of benzene rings is 3. The maximum absolute atomic E-state index is 12.7. The number of hydrogen-bond acceptors (Lipinski definition) is 3. The molecule has 3 aromatic rings. The molecule has 3 rings (SSSR count). The Hall–Kier alpha value is -3.46. The Morgan fingerprint density at radius 2 is 1.56 bits per heavy atom. The number of ketones is 1. The molecule has 0 aliphatic heterocycles. The van der Waals surface area contributed by atoms with Crippen LogP contribution in [-0.2, 0) is 11.3 Å². The molecule has 0 aliphatic rings. The summed E-state index contributed by atoms with van der Waals surface area (Å²) in [6.45, 7) is 5.69. The molecule has 0 bridgehead atoms. The topological polar surface area (TPSA) is 43.4 Å². The number of rotatable bonds is 6. The van der Waals surface area contributed by atoms with Crippen LogP contribution in [0, 0.1) is 6.92 Å². The smallest absolute Gasteiger partial charge is 0.338 e. The summed E-state index contributed by atoms with van der Waals surface area (Å²) in [6.07, 6.45) is 1.73. The van der Waals surface area contributed by atoms with Crippen molar-refractivity contribution in [3.8, 4) is 0 Å². The molecule has 3 heteroatoms. The van der Waals surface area contributed by atoms with E-state index in [-0.39, 0.29) is 12.4 Å². The zero-order valence-electron chi connectivity index (χ0n) is 15.1. The minimum Gasteiger partial charge on any atom is -0.457 e. The van der Waals surface area contributed by atoms with Crippen LogP contribution in [0.3, 0.4) is 0 Å². The van der Waals surface area contributed by atoms with Crippen LogP contribution < -0.4 is 0 Å². The zero-order chi connectivity index (χ0) is 19.2. The van der Waals surface area contributed by atoms with Gasteiger partial charge in [0.15, 0.2) is 5.78 Å². The summed E-state index contributed by atoms with van der Waals surface area (Å²) in [5, 5.41) is 0. The fourth-order valence-corrected chi connectivity index (χ4v) is 2.93. The number of carbonyl (C=O) groups is 2. The van der Waals surface area contributed by atoms with E-state index in [1.54, 1.807) is 43.3 Å². The maximum atomic E-state index is 12.7. The highest BCUT2D eigenvalue weighted by Crippen LogP contribution is 2.20. The maximum Gasteiger partial charge on any atom is 0.338 e. The first-order chi connectivity index (χ1) is 13.1. The Morgan fingerprint density at radius 1 is 0.889 bits per heavy atom. The van der Waals surface area contributed by atoms with Gasteiger partial charge in [0.1, 0.15) is 6.61 Å². The predicted molar refractivity (Wildman–Crippen MR) is 107 cm³/mol. The third-order valence-electron chi connectivity index (χ3n) is 4.47. The van der Waals surface area contributed by atoms with Crippen LogP contribution in [0.2, 0.25) is 0 Å². The second-order valence-electron chi connectivity index (χ2n) is 6.15. The van der Waals surface area contributed by atoms with Crippen molar-refractivity contribution >= 4 is 17.8 Å². The number of ether oxygens (including phenoxy) is 1. The molecule has 0 atom stereocenters. The molecule has 0 aliphatic carbocycles. The molecule has 134 valence electrons. The van der Waals surface area contributed by atoms with Crippen LogP contribution >= 0.6 is 0 Å². The van der Waals surface area contributed by atoms with Gasteiger partial charge in [-0.05, 0) is 29.7 Å². The molecule has 3 aromatic carbocycles. The molecule has 0 heterocycles. The van der Waals surface area contributed by atoms with E-state index in [0.717, 1.165) is 11.1 Å². The summed E-state index contributed by atoms with van der Waals surface area (Å²) in [5.41, 5.74) is 3.92. The Morgan fingerprint density at radius 3 is 2.30 bits per heavy atom. The van der Waals surface area contributed by atoms with E-state index in [1.165, 1.54) is 0 Å². The molecule has 0 amide bonds. The third-order valence-corrected chi connectivity index (χ3v) is 4.47. The van der Waals surface area contributed by atoms with E-state index in [4.69, 9.17) is 4.74 Å². The zero-order valence-corrected chi connectivity index (χ0v) is 15.1. The number of esters is 1. The lowest BCUT2D eigenvalue weighted by Gasteiger charge is -2.12. The van der Waals surface area contributed by atoms with Gasteiger partial charge in [-0.3, -0.25) is 4.79 Å². The van der Waals surface area contributed by atoms with Crippen molar-refractivity contribution in [3.63, 3.8) is 0 Å². The lowest BCUT2D eigenvalue weighted by atomic mass is 9.95. The molecule has 0 aromatic heterocycles. The largest absolute Gasteiger partial charge is 0.457 e. The SMILES string of the molecule is C=Cc1ccccc1COC(=O)c1cccc(C(=O)c2ccccc2)c1C. The van der Waals surface area contributed by atoms with E-state index >= 15 is 0 Å². The quantitative estimate of drug-likeness (QED) is 0.449. The van der Waals surface area contributed by atoms with Gasteiger partial charge in [-0.1, -0.05) is 79.4 Å². The van der Waals surface area contributed by atoms with E-state index < -0.39 is 5.97 Å². The van der Waals surface area contributed by atoms with Crippen LogP contribution in [0.15, 0.2) is 79.4 Å². The average Bonchev–Trinajstić information content (AvgIpc) is 2.72. The van der Waals surface area contributed by atoms with Crippen LogP contribution in [0.4, 0.5) is 0 Å². The summed E-state index contributed by atoms with van der Waals surface area (Å²) >= 11 is 0. The second-order valence-corrected chi connectivity index (χ2v) is 6.15. The normalized spacial score (nSPS) is 10.3. The van der Waals surface area contributed by atoms with Crippen molar-refractivity contribution < 1.29 is 14.3 Å². The fourth-order valence-electron chi connectivity index (χ4n) is 2.93. The second kappa shape index (κ2) is 8.28. The highest BCUT2D eigenvalue weighted by atomic mass is 16.5. The van der Waals surface area contributed by atoms with E-state index in [0.29, 0.717) is 22.3 Å². The van der Waals surface area contributed by atoms with E-state index in [9.17, 15) is 9.59 Å². The van der Waals surface area contributed by atoms with Crippen LogP contribution in [0.25, 0.3) is 6.08 Å². The van der Waals surface area contributed by atoms with E-state index in [1.807, 2.05) is 42.5 Å². The van der Waals surface area contributed by atoms with Gasteiger partial charge in [-0.25, -0.2) is 4.79 Å². The monoisotopic (exact) mass is 356 g/mol. The molecular formula is C24H20O3. The third kappa shape index (κ3) is 4.04. The van der Waals surface area contributed by atoms with Gasteiger partial charge < -0.3 is 4.74 Å². The van der Waals surface area contributed by atoms with Crippen molar-refractivity contribution in [2.75, 3.05) is 0 Å². The molecule has 0 spiro atoms. The number of hydrogen-bond donors (Lipinski definition) is 0. The highest BCUT2D eigenvalue weighted by molar-refractivity contribution is 6.11. The van der Waals surface area contributed by atoms with Crippen LogP contribution in [0.5, 0.6) is 0 Å². The predicted octanol–water partition coefficient (Wildman–Crippen LogP) is 5.23. The van der Waals surface area contributed by atoms with Crippen molar-refractivity contribution in [2.45, 2.75) is 13.5 Å². The summed E-state index contributed by atoms with van der Waals surface area (Å²) in [4.78, 5) is 25.3. The lowest BCUT2D eigenvalue weighted by molar-refractivity contribution is 0.0471. The Kier molecular flexibility index (Phi) is 5.62. The van der Waals surface area contributed by atoms with E-state index in [2.05, 4.69) is 6.58 Å². The average molecular weight is 356 g/mol. The summed E-state index contributed by atoms with van der Waals surface area (Å²) in [5.74, 6) is -0.561. The first-order valence-corrected chi connectivity index (χ1v) is 8.68. The minimum atomic E-state index is -0.450. The van der Waals surface area contributed by atoms with Crippen molar-refractivity contribution in [1.29, 1.82) is 0 Å². The Balaban J connectivity index is 1.82. The Labute approximate surface area is 158 Å². The molecular weight excluding hydrogens is 336 g/mol. The van der Waals surface area contributed by atoms with Crippen molar-refractivity contribution in [3.05, 3.63) is 113 Å². The van der Waals surface area contributed by atoms with Crippen LogP contribution in [0.1, 0.15) is 43.0 Å². The van der Waals surface area contributed by atoms with Gasteiger partial charge in [0, 0.05) is 11.1 Å². The standard InChI is InChI=1S/C24H20O3/c1-3-18-10-7-8-13-20(18)16-27-24(26)22-15-9-14-21(17(22)2)23(25)19-11-5-4-6-12-19/h3-15H,1,16H2,2H3. The minimum absolute atomic E-state index is 0.111. The summed E-state index contributed by atoms with van der Waals surface area (Å²) < 4.78 is 5.48. The van der Waals surface area contributed by atoms with Gasteiger partial charge in [0.2, 0.25) is 0 Å². The van der Waals surface area contributed by atoms with Gasteiger partial charge in [0.05, 0.1) is 5.56 Å². The first-order valence-electron chi connectivity index (χ1n) is 8.68. The first kappa shape index (κ1) is 18.3. The summed E-state index contributed by atoms with van der Waals surface area (Å²) in [6, 6.07) is 21.7. The van der Waals surface area contributed by atoms with Gasteiger partial charge in [-0.15, -0.1) is 0 Å². The summed E-state index contributed by atoms with van der Waals surface area (Å²) in [7, 11) is 0. The van der Waals surface area contributed by atoms with Gasteiger partial charge in [-0.2, -0.15) is 0 Å². The van der Waals surface area contributed by atoms with Gasteiger partial charge in [0.25, 0.3) is 0 Å². The van der Waals surface area contributed by atoms with Crippen molar-refractivity contribution in [2.24, 2.45) is 0 Å². The molecule has 27 heavy (non-hydrogen) atoms. The molecule has 0 N–H and O–H groups in total. The van der Waals surface area contributed by atoms with Crippen molar-refractivity contribution in [1.82, 2.24) is 0 Å². The molecule has 0 unspecified atom stereocenters. The fraction of sp³-hybridized carbons (Fsp3) is 0.0833. The lowest BCUT2D eigenvalue weighted by Crippen LogP contribution is -2.11. The number of carbonyl (C=O) groups excluding carboxylic acids is 2. The highest BCUT2D eigenvalue weighted by Gasteiger charge is 2.18. The molecule has 0 fully saturated rings.